The first-order valence-electron chi connectivity index (χ1n) is 17.6. The third-order valence-corrected chi connectivity index (χ3v) is 15.6. The maximum atomic E-state index is 14.5. The van der Waals surface area contributed by atoms with Crippen molar-refractivity contribution in [3.05, 3.63) is 11.6 Å². The molecule has 1 aliphatic heterocycles. The summed E-state index contributed by atoms with van der Waals surface area (Å²) in [6, 6.07) is 0. The molecule has 0 aromatic rings. The lowest BCUT2D eigenvalue weighted by Gasteiger charge is -2.71. The quantitative estimate of drug-likeness (QED) is 0.172. The molecule has 6 rings (SSSR count). The maximum Gasteiger partial charge on any atom is 0.315 e. The van der Waals surface area contributed by atoms with Crippen LogP contribution in [0.1, 0.15) is 99.3 Å². The van der Waals surface area contributed by atoms with Gasteiger partial charge in [0.2, 0.25) is 6.29 Å². The van der Waals surface area contributed by atoms with Gasteiger partial charge >= 0.3 is 11.9 Å². The normalized spacial score (nSPS) is 55.8. The summed E-state index contributed by atoms with van der Waals surface area (Å²) in [6.07, 6.45) is -1.18. The highest BCUT2D eigenvalue weighted by Gasteiger charge is 2.72. The number of ether oxygens (including phenoxy) is 2. The molecular weight excluding hydrogens is 608 g/mol. The largest absolute Gasteiger partial charge is 0.481 e. The number of carbonyl (C=O) groups is 2. The van der Waals surface area contributed by atoms with Crippen molar-refractivity contribution in [1.82, 2.24) is 0 Å². The Morgan fingerprint density at radius 3 is 2.21 bits per heavy atom. The molecule has 0 spiro atoms. The number of carboxylic acids is 1. The van der Waals surface area contributed by atoms with Crippen LogP contribution in [0.2, 0.25) is 0 Å². The van der Waals surface area contributed by atoms with Gasteiger partial charge in [0.25, 0.3) is 0 Å². The van der Waals surface area contributed by atoms with E-state index in [1.54, 1.807) is 13.8 Å². The van der Waals surface area contributed by atoms with E-state index in [4.69, 9.17) is 9.47 Å². The van der Waals surface area contributed by atoms with Crippen LogP contribution in [0.5, 0.6) is 0 Å². The molecule has 5 fully saturated rings. The highest BCUT2D eigenvalue weighted by atomic mass is 16.7. The van der Waals surface area contributed by atoms with E-state index in [9.17, 15) is 45.3 Å². The number of aliphatic carboxylic acids is 1. The number of aliphatic hydroxyl groups excluding tert-OH is 5. The van der Waals surface area contributed by atoms with Crippen LogP contribution in [0.25, 0.3) is 0 Å². The van der Waals surface area contributed by atoms with Gasteiger partial charge in [-0.2, -0.15) is 0 Å². The first kappa shape index (κ1) is 35.2. The fourth-order valence-electron chi connectivity index (χ4n) is 12.2. The molecule has 4 saturated carbocycles. The van der Waals surface area contributed by atoms with Crippen LogP contribution in [0.15, 0.2) is 11.6 Å². The van der Waals surface area contributed by atoms with E-state index in [-0.39, 0.29) is 28.6 Å². The summed E-state index contributed by atoms with van der Waals surface area (Å²) in [7, 11) is 0. The Balaban J connectivity index is 1.39. The molecule has 6 aliphatic rings. The second kappa shape index (κ2) is 11.2. The fourth-order valence-corrected chi connectivity index (χ4v) is 12.2. The Morgan fingerprint density at radius 2 is 1.57 bits per heavy atom. The molecule has 11 heteroatoms. The predicted molar refractivity (Wildman–Crippen MR) is 168 cm³/mol. The van der Waals surface area contributed by atoms with E-state index in [2.05, 4.69) is 26.8 Å². The molecule has 0 aromatic carbocycles. The third kappa shape index (κ3) is 4.49. The molecule has 0 amide bonds. The fraction of sp³-hybridized carbons (Fsp3) is 0.889. The van der Waals surface area contributed by atoms with E-state index in [0.717, 1.165) is 18.4 Å². The van der Waals surface area contributed by atoms with Gasteiger partial charge in [-0.05, 0) is 106 Å². The number of hydrogen-bond acceptors (Lipinski definition) is 10. The van der Waals surface area contributed by atoms with E-state index in [1.807, 2.05) is 6.92 Å². The van der Waals surface area contributed by atoms with Gasteiger partial charge in [-0.15, -0.1) is 0 Å². The molecule has 16 atom stereocenters. The smallest absolute Gasteiger partial charge is 0.315 e. The second-order valence-corrected chi connectivity index (χ2v) is 17.3. The van der Waals surface area contributed by atoms with Crippen molar-refractivity contribution in [2.75, 3.05) is 6.61 Å². The number of allylic oxidation sites excluding steroid dienone is 1. The molecule has 0 aromatic heterocycles. The van der Waals surface area contributed by atoms with Crippen LogP contribution in [0.3, 0.4) is 0 Å². The van der Waals surface area contributed by atoms with Crippen molar-refractivity contribution in [1.29, 1.82) is 0 Å². The van der Waals surface area contributed by atoms with E-state index < -0.39 is 83.1 Å². The van der Waals surface area contributed by atoms with Crippen molar-refractivity contribution in [3.8, 4) is 0 Å². The lowest BCUT2D eigenvalue weighted by Crippen LogP contribution is -2.69. The summed E-state index contributed by atoms with van der Waals surface area (Å²) >= 11 is 0. The first-order valence-corrected chi connectivity index (χ1v) is 17.6. The molecule has 7 N–H and O–H groups in total. The van der Waals surface area contributed by atoms with Gasteiger partial charge in [-0.1, -0.05) is 39.3 Å². The number of esters is 1. The number of carbonyl (C=O) groups excluding carboxylic acids is 1. The summed E-state index contributed by atoms with van der Waals surface area (Å²) in [4.78, 5) is 27.2. The minimum atomic E-state index is -1.72. The van der Waals surface area contributed by atoms with Crippen LogP contribution in [0, 0.1) is 50.7 Å². The van der Waals surface area contributed by atoms with E-state index in [0.29, 0.717) is 44.9 Å². The molecular formula is C36H56O11. The van der Waals surface area contributed by atoms with Gasteiger partial charge in [0.15, 0.2) is 0 Å². The van der Waals surface area contributed by atoms with Crippen molar-refractivity contribution in [2.45, 2.75) is 142 Å². The van der Waals surface area contributed by atoms with Crippen molar-refractivity contribution in [2.24, 2.45) is 50.7 Å². The Kier molecular flexibility index (Phi) is 8.40. The number of carboxylic acid groups (broad SMARTS) is 1. The SMILES string of the molecule is C[C@@H]1CC[C@]2(C(=O)OC3OC(CO)C(O)C(O)C3O)CC[C@]3(C)C(=CCC4[C@@]5(C)CC[C@H](O)[C@](C)(C(=O)O)C5CC[C@]43C)C2[C@]1(C)O. The summed E-state index contributed by atoms with van der Waals surface area (Å²) in [6.45, 7) is 11.7. The molecule has 1 heterocycles. The lowest BCUT2D eigenvalue weighted by molar-refractivity contribution is -0.299. The number of rotatable bonds is 4. The molecule has 0 radical (unpaired) electrons. The molecule has 1 saturated heterocycles. The molecule has 8 unspecified atom stereocenters. The average molecular weight is 665 g/mol. The van der Waals surface area contributed by atoms with Crippen LogP contribution < -0.4 is 0 Å². The second-order valence-electron chi connectivity index (χ2n) is 17.3. The number of aliphatic hydroxyl groups is 6. The number of hydrogen-bond donors (Lipinski definition) is 7. The van der Waals surface area contributed by atoms with Crippen molar-refractivity contribution >= 4 is 11.9 Å². The molecule has 47 heavy (non-hydrogen) atoms. The zero-order chi connectivity index (χ0) is 34.7. The maximum absolute atomic E-state index is 14.5. The van der Waals surface area contributed by atoms with Gasteiger partial charge in [-0.3, -0.25) is 9.59 Å². The Bertz CT molecular complexity index is 1310. The summed E-state index contributed by atoms with van der Waals surface area (Å²) in [5.41, 5.74) is -3.64. The molecule has 266 valence electrons. The predicted octanol–water partition coefficient (Wildman–Crippen LogP) is 2.53. The summed E-state index contributed by atoms with van der Waals surface area (Å²) in [5.74, 6) is -2.37. The Hall–Kier alpha value is -1.60. The summed E-state index contributed by atoms with van der Waals surface area (Å²) in [5, 5.41) is 74.8. The third-order valence-electron chi connectivity index (χ3n) is 15.6. The van der Waals surface area contributed by atoms with Crippen LogP contribution in [-0.4, -0.2) is 96.7 Å². The zero-order valence-electron chi connectivity index (χ0n) is 28.7. The van der Waals surface area contributed by atoms with Gasteiger partial charge in [0.1, 0.15) is 24.4 Å². The Labute approximate surface area is 277 Å². The first-order chi connectivity index (χ1) is 21.8. The highest BCUT2D eigenvalue weighted by molar-refractivity contribution is 5.79. The highest BCUT2D eigenvalue weighted by Crippen LogP contribution is 2.76. The van der Waals surface area contributed by atoms with Crippen LogP contribution >= 0.6 is 0 Å². The zero-order valence-corrected chi connectivity index (χ0v) is 28.7. The average Bonchev–Trinajstić information content (AvgIpc) is 3.01. The molecule has 5 aliphatic carbocycles. The van der Waals surface area contributed by atoms with Gasteiger partial charge < -0.3 is 45.2 Å². The minimum absolute atomic E-state index is 0.126. The lowest BCUT2D eigenvalue weighted by atomic mass is 9.33. The van der Waals surface area contributed by atoms with Gasteiger partial charge in [0.05, 0.1) is 29.1 Å². The molecule has 11 nitrogen and oxygen atoms in total. The van der Waals surface area contributed by atoms with Crippen LogP contribution in [-0.2, 0) is 19.1 Å². The van der Waals surface area contributed by atoms with Gasteiger partial charge in [0, 0.05) is 5.92 Å². The number of fused-ring (bicyclic) bond motifs is 7. The van der Waals surface area contributed by atoms with Crippen molar-refractivity contribution < 1.29 is 54.8 Å². The standard InChI is InChI=1S/C36H56O11/c1-18-9-14-36(30(44)47-28-26(41)25(40)24(39)20(17-37)46-28)16-15-32(3)19(27(36)35(18,6)45)7-8-21-31(2)12-11-23(38)34(5,29(42)43)22(31)10-13-33(21,32)4/h7,18,20-28,37-41,45H,8-17H2,1-6H3,(H,42,43)/t18-,20?,21?,22?,23+,24?,25?,26?,27?,28?,31-,32-,33-,34-,35-,36+/m1/s1. The Morgan fingerprint density at radius 1 is 0.894 bits per heavy atom. The van der Waals surface area contributed by atoms with Gasteiger partial charge in [-0.25, -0.2) is 0 Å². The minimum Gasteiger partial charge on any atom is -0.481 e. The molecule has 0 bridgehead atoms. The van der Waals surface area contributed by atoms with Crippen LogP contribution in [0.4, 0.5) is 0 Å². The monoisotopic (exact) mass is 664 g/mol. The van der Waals surface area contributed by atoms with E-state index in [1.165, 1.54) is 0 Å². The summed E-state index contributed by atoms with van der Waals surface area (Å²) < 4.78 is 11.4. The topological polar surface area (TPSA) is 194 Å². The van der Waals surface area contributed by atoms with Crippen molar-refractivity contribution in [3.63, 3.8) is 0 Å². The van der Waals surface area contributed by atoms with E-state index >= 15 is 0 Å².